The number of hydrogen-bond donors (Lipinski definition) is 2. The number of anilines is 1. The Hall–Kier alpha value is -1.72. The predicted molar refractivity (Wildman–Crippen MR) is 45.5 cm³/mol. The monoisotopic (exact) mass is 201 g/mol. The highest BCUT2D eigenvalue weighted by molar-refractivity contribution is 5.90. The third-order valence-corrected chi connectivity index (χ3v) is 1.93. The van der Waals surface area contributed by atoms with Gasteiger partial charge in [0.2, 0.25) is 0 Å². The van der Waals surface area contributed by atoms with Crippen LogP contribution in [-0.2, 0) is 6.18 Å². The van der Waals surface area contributed by atoms with Crippen molar-refractivity contribution in [1.82, 2.24) is 9.97 Å². The number of alkyl halides is 3. The third-order valence-electron chi connectivity index (χ3n) is 1.93. The first-order chi connectivity index (χ1) is 6.50. The molecule has 0 saturated heterocycles. The van der Waals surface area contributed by atoms with Crippen molar-refractivity contribution < 1.29 is 13.2 Å². The predicted octanol–water partition coefficient (Wildman–Crippen LogP) is 2.16. The molecule has 2 heterocycles. The molecule has 2 aromatic rings. The van der Waals surface area contributed by atoms with Crippen LogP contribution in [0.15, 0.2) is 18.5 Å². The summed E-state index contributed by atoms with van der Waals surface area (Å²) in [5.74, 6) is 0.0676. The summed E-state index contributed by atoms with van der Waals surface area (Å²) in [5, 5.41) is 0.0463. The summed E-state index contributed by atoms with van der Waals surface area (Å²) in [6.07, 6.45) is -2.26. The highest BCUT2D eigenvalue weighted by Gasteiger charge is 2.33. The fraction of sp³-hybridized carbons (Fsp3) is 0.125. The average molecular weight is 201 g/mol. The highest BCUT2D eigenvalue weighted by atomic mass is 19.4. The molecule has 74 valence electrons. The van der Waals surface area contributed by atoms with Crippen molar-refractivity contribution in [3.05, 3.63) is 24.0 Å². The fourth-order valence-corrected chi connectivity index (χ4v) is 1.30. The lowest BCUT2D eigenvalue weighted by atomic mass is 10.2. The minimum atomic E-state index is -4.40. The van der Waals surface area contributed by atoms with Crippen molar-refractivity contribution in [3.63, 3.8) is 0 Å². The van der Waals surface area contributed by atoms with Crippen LogP contribution in [-0.4, -0.2) is 9.97 Å². The summed E-state index contributed by atoms with van der Waals surface area (Å²) >= 11 is 0. The van der Waals surface area contributed by atoms with E-state index in [1.54, 1.807) is 0 Å². The van der Waals surface area contributed by atoms with E-state index in [0.29, 0.717) is 0 Å². The number of H-pyrrole nitrogens is 1. The van der Waals surface area contributed by atoms with Crippen molar-refractivity contribution >= 4 is 16.7 Å². The molecule has 0 radical (unpaired) electrons. The fourth-order valence-electron chi connectivity index (χ4n) is 1.30. The number of rotatable bonds is 0. The lowest BCUT2D eigenvalue weighted by Crippen LogP contribution is -2.07. The normalized spacial score (nSPS) is 12.2. The molecule has 0 fully saturated rings. The zero-order valence-corrected chi connectivity index (χ0v) is 6.89. The van der Waals surface area contributed by atoms with E-state index >= 15 is 0 Å². The van der Waals surface area contributed by atoms with Crippen LogP contribution < -0.4 is 5.73 Å². The van der Waals surface area contributed by atoms with E-state index in [1.807, 2.05) is 0 Å². The standard InChI is InChI=1S/C8H6F3N3/c9-8(10,11)5-3-14-7(12)6-4(5)1-2-13-6/h1-3,13H,(H2,12,14). The van der Waals surface area contributed by atoms with Crippen LogP contribution in [0.25, 0.3) is 10.9 Å². The molecule has 0 aliphatic heterocycles. The molecule has 14 heavy (non-hydrogen) atoms. The van der Waals surface area contributed by atoms with Crippen molar-refractivity contribution in [1.29, 1.82) is 0 Å². The SMILES string of the molecule is Nc1ncc(C(F)(F)F)c2cc[nH]c12. The first-order valence-corrected chi connectivity index (χ1v) is 3.79. The summed E-state index contributed by atoms with van der Waals surface area (Å²) in [6, 6.07) is 1.33. The Bertz CT molecular complexity index is 472. The van der Waals surface area contributed by atoms with Gasteiger partial charge in [-0.1, -0.05) is 0 Å². The van der Waals surface area contributed by atoms with E-state index in [1.165, 1.54) is 12.3 Å². The zero-order chi connectivity index (χ0) is 10.3. The number of pyridine rings is 1. The highest BCUT2D eigenvalue weighted by Crippen LogP contribution is 2.35. The summed E-state index contributed by atoms with van der Waals surface area (Å²) in [7, 11) is 0. The number of fused-ring (bicyclic) bond motifs is 1. The summed E-state index contributed by atoms with van der Waals surface area (Å²) in [4.78, 5) is 6.09. The first-order valence-electron chi connectivity index (χ1n) is 3.79. The van der Waals surface area contributed by atoms with Gasteiger partial charge in [0.05, 0.1) is 11.1 Å². The lowest BCUT2D eigenvalue weighted by molar-refractivity contribution is -0.136. The molecule has 0 saturated carbocycles. The van der Waals surface area contributed by atoms with Gasteiger partial charge in [-0.3, -0.25) is 0 Å². The number of nitrogens with zero attached hydrogens (tertiary/aromatic N) is 1. The summed E-state index contributed by atoms with van der Waals surface area (Å²) in [6.45, 7) is 0. The minimum Gasteiger partial charge on any atom is -0.382 e. The topological polar surface area (TPSA) is 54.7 Å². The van der Waals surface area contributed by atoms with E-state index in [4.69, 9.17) is 5.73 Å². The third kappa shape index (κ3) is 1.19. The second kappa shape index (κ2) is 2.63. The molecule has 0 bridgehead atoms. The van der Waals surface area contributed by atoms with Gasteiger partial charge in [-0.05, 0) is 6.07 Å². The van der Waals surface area contributed by atoms with E-state index in [9.17, 15) is 13.2 Å². The Balaban J connectivity index is 2.80. The maximum absolute atomic E-state index is 12.4. The molecule has 6 heteroatoms. The average Bonchev–Trinajstić information content (AvgIpc) is 2.50. The Kier molecular flexibility index (Phi) is 1.67. The van der Waals surface area contributed by atoms with E-state index < -0.39 is 11.7 Å². The Labute approximate surface area is 76.7 Å². The smallest absolute Gasteiger partial charge is 0.382 e. The van der Waals surface area contributed by atoms with Crippen molar-refractivity contribution in [2.75, 3.05) is 5.73 Å². The van der Waals surface area contributed by atoms with Gasteiger partial charge in [0.15, 0.2) is 0 Å². The van der Waals surface area contributed by atoms with Crippen molar-refractivity contribution in [2.24, 2.45) is 0 Å². The minimum absolute atomic E-state index is 0.0463. The number of nitrogens with one attached hydrogen (secondary N) is 1. The quantitative estimate of drug-likeness (QED) is 0.686. The van der Waals surface area contributed by atoms with Gasteiger partial charge in [-0.25, -0.2) is 4.98 Å². The summed E-state index contributed by atoms with van der Waals surface area (Å²) in [5.41, 5.74) is 4.85. The van der Waals surface area contributed by atoms with Gasteiger partial charge in [-0.2, -0.15) is 13.2 Å². The molecule has 3 N–H and O–H groups in total. The van der Waals surface area contributed by atoms with Crippen LogP contribution in [0.5, 0.6) is 0 Å². The molecule has 0 aliphatic rings. The second-order valence-electron chi connectivity index (χ2n) is 2.82. The lowest BCUT2D eigenvalue weighted by Gasteiger charge is -2.07. The van der Waals surface area contributed by atoms with Gasteiger partial charge in [0.25, 0.3) is 0 Å². The van der Waals surface area contributed by atoms with Gasteiger partial charge in [-0.15, -0.1) is 0 Å². The molecular formula is C8H6F3N3. The van der Waals surface area contributed by atoms with Gasteiger partial charge in [0.1, 0.15) is 5.82 Å². The first kappa shape index (κ1) is 8.86. The number of nitrogens with two attached hydrogens (primary N) is 1. The maximum Gasteiger partial charge on any atom is 0.418 e. The van der Waals surface area contributed by atoms with Crippen LogP contribution in [0.2, 0.25) is 0 Å². The largest absolute Gasteiger partial charge is 0.418 e. The Morgan fingerprint density at radius 3 is 2.71 bits per heavy atom. The van der Waals surface area contributed by atoms with E-state index in [2.05, 4.69) is 9.97 Å². The Morgan fingerprint density at radius 2 is 2.07 bits per heavy atom. The van der Waals surface area contributed by atoms with Crippen molar-refractivity contribution in [2.45, 2.75) is 6.18 Å². The molecule has 0 aromatic carbocycles. The number of hydrogen-bond acceptors (Lipinski definition) is 2. The van der Waals surface area contributed by atoms with Gasteiger partial charge >= 0.3 is 6.18 Å². The molecule has 0 aliphatic carbocycles. The molecule has 0 spiro atoms. The second-order valence-corrected chi connectivity index (χ2v) is 2.82. The zero-order valence-electron chi connectivity index (χ0n) is 6.89. The van der Waals surface area contributed by atoms with E-state index in [-0.39, 0.29) is 16.7 Å². The van der Waals surface area contributed by atoms with Gasteiger partial charge < -0.3 is 10.7 Å². The van der Waals surface area contributed by atoms with E-state index in [0.717, 1.165) is 6.20 Å². The van der Waals surface area contributed by atoms with Crippen LogP contribution in [0, 0.1) is 0 Å². The van der Waals surface area contributed by atoms with Crippen LogP contribution in [0.3, 0.4) is 0 Å². The molecule has 0 unspecified atom stereocenters. The van der Waals surface area contributed by atoms with Gasteiger partial charge in [0, 0.05) is 17.8 Å². The summed E-state index contributed by atoms with van der Waals surface area (Å²) < 4.78 is 37.3. The molecule has 3 nitrogen and oxygen atoms in total. The molecule has 2 rings (SSSR count). The molecule has 0 amide bonds. The van der Waals surface area contributed by atoms with Crippen LogP contribution in [0.1, 0.15) is 5.56 Å². The Morgan fingerprint density at radius 1 is 1.36 bits per heavy atom. The number of nitrogen functional groups attached to an aromatic ring is 1. The maximum atomic E-state index is 12.4. The molecule has 0 atom stereocenters. The number of aromatic amines is 1. The number of halogens is 3. The molecular weight excluding hydrogens is 195 g/mol. The van der Waals surface area contributed by atoms with Crippen LogP contribution in [0.4, 0.5) is 19.0 Å². The molecule has 2 aromatic heterocycles. The van der Waals surface area contributed by atoms with Crippen molar-refractivity contribution in [3.8, 4) is 0 Å². The number of aromatic nitrogens is 2. The van der Waals surface area contributed by atoms with Crippen LogP contribution >= 0.6 is 0 Å².